The summed E-state index contributed by atoms with van der Waals surface area (Å²) in [6, 6.07) is 3.31. The average Bonchev–Trinajstić information content (AvgIpc) is 2.56. The smallest absolute Gasteiger partial charge is 0.348 e. The predicted octanol–water partition coefficient (Wildman–Crippen LogP) is 2.25. The second-order valence-corrected chi connectivity index (χ2v) is 5.40. The van der Waals surface area contributed by atoms with Gasteiger partial charge in [-0.2, -0.15) is 0 Å². The summed E-state index contributed by atoms with van der Waals surface area (Å²) in [5.41, 5.74) is 0.594. The Hall–Kier alpha value is -1.96. The summed E-state index contributed by atoms with van der Waals surface area (Å²) in [4.78, 5) is 22.5. The van der Waals surface area contributed by atoms with Gasteiger partial charge in [-0.3, -0.25) is 4.79 Å². The SMILES string of the molecule is COC(=O)[C@@H](OC(C)=O)[C@@H](Br)c1cc(OC)c(OC)c(OC)c1. The first-order valence-electron chi connectivity index (χ1n) is 6.58. The molecule has 0 N–H and O–H groups in total. The van der Waals surface area contributed by atoms with E-state index in [1.165, 1.54) is 35.4 Å². The van der Waals surface area contributed by atoms with Crippen molar-refractivity contribution in [2.75, 3.05) is 28.4 Å². The molecule has 0 saturated heterocycles. The molecule has 23 heavy (non-hydrogen) atoms. The number of ether oxygens (including phenoxy) is 5. The number of methoxy groups -OCH3 is 4. The van der Waals surface area contributed by atoms with Crippen molar-refractivity contribution in [1.29, 1.82) is 0 Å². The Kier molecular flexibility index (Phi) is 7.15. The van der Waals surface area contributed by atoms with Crippen LogP contribution in [0, 0.1) is 0 Å². The molecule has 7 nitrogen and oxygen atoms in total. The third-order valence-electron chi connectivity index (χ3n) is 3.00. The van der Waals surface area contributed by atoms with Crippen LogP contribution >= 0.6 is 15.9 Å². The van der Waals surface area contributed by atoms with Gasteiger partial charge in [0.2, 0.25) is 11.9 Å². The standard InChI is InChI=1S/C15H19BrO7/c1-8(17)23-14(15(18)22-5)12(16)9-6-10(19-2)13(21-4)11(7-9)20-3/h6-7,12,14H,1-5H3/t12-,14-/m0/s1. The number of hydrogen-bond donors (Lipinski definition) is 0. The molecular weight excluding hydrogens is 372 g/mol. The fraction of sp³-hybridized carbons (Fsp3) is 0.467. The van der Waals surface area contributed by atoms with E-state index in [1.807, 2.05) is 0 Å². The van der Waals surface area contributed by atoms with Crippen molar-refractivity contribution >= 4 is 27.9 Å². The molecule has 1 aromatic carbocycles. The van der Waals surface area contributed by atoms with Gasteiger partial charge in [0.25, 0.3) is 0 Å². The summed E-state index contributed by atoms with van der Waals surface area (Å²) < 4.78 is 25.5. The fourth-order valence-corrected chi connectivity index (χ4v) is 2.55. The van der Waals surface area contributed by atoms with Crippen molar-refractivity contribution in [3.63, 3.8) is 0 Å². The zero-order valence-corrected chi connectivity index (χ0v) is 15.1. The van der Waals surface area contributed by atoms with Gasteiger partial charge in [-0.25, -0.2) is 4.79 Å². The van der Waals surface area contributed by atoms with E-state index in [0.717, 1.165) is 0 Å². The van der Waals surface area contributed by atoms with E-state index in [9.17, 15) is 9.59 Å². The largest absolute Gasteiger partial charge is 0.493 e. The van der Waals surface area contributed by atoms with Gasteiger partial charge < -0.3 is 23.7 Å². The molecule has 0 heterocycles. The van der Waals surface area contributed by atoms with Gasteiger partial charge in [-0.1, -0.05) is 15.9 Å². The number of hydrogen-bond acceptors (Lipinski definition) is 7. The van der Waals surface area contributed by atoms with Crippen molar-refractivity contribution in [3.05, 3.63) is 17.7 Å². The Balaban J connectivity index is 3.30. The molecule has 0 unspecified atom stereocenters. The number of halogens is 1. The van der Waals surface area contributed by atoms with Gasteiger partial charge in [0.15, 0.2) is 11.5 Å². The van der Waals surface area contributed by atoms with Gasteiger partial charge in [-0.15, -0.1) is 0 Å². The van der Waals surface area contributed by atoms with Gasteiger partial charge in [-0.05, 0) is 17.7 Å². The average molecular weight is 391 g/mol. The predicted molar refractivity (Wildman–Crippen MR) is 85.3 cm³/mol. The molecule has 0 bridgehead atoms. The fourth-order valence-electron chi connectivity index (χ4n) is 1.96. The van der Waals surface area contributed by atoms with Gasteiger partial charge in [0.1, 0.15) is 0 Å². The van der Waals surface area contributed by atoms with Crippen LogP contribution in [0.5, 0.6) is 17.2 Å². The first kappa shape index (κ1) is 19.1. The van der Waals surface area contributed by atoms with Crippen LogP contribution in [0.2, 0.25) is 0 Å². The number of esters is 2. The van der Waals surface area contributed by atoms with Gasteiger partial charge >= 0.3 is 11.9 Å². The van der Waals surface area contributed by atoms with Crippen LogP contribution in [0.1, 0.15) is 17.3 Å². The maximum atomic E-state index is 11.9. The minimum absolute atomic E-state index is 0.415. The molecule has 2 atom stereocenters. The van der Waals surface area contributed by atoms with Crippen LogP contribution in [-0.4, -0.2) is 46.5 Å². The number of alkyl halides is 1. The topological polar surface area (TPSA) is 80.3 Å². The second kappa shape index (κ2) is 8.61. The highest BCUT2D eigenvalue weighted by molar-refractivity contribution is 9.09. The molecule has 0 saturated carbocycles. The zero-order valence-electron chi connectivity index (χ0n) is 13.5. The molecule has 8 heteroatoms. The maximum Gasteiger partial charge on any atom is 0.348 e. The molecule has 0 radical (unpaired) electrons. The third-order valence-corrected chi connectivity index (χ3v) is 4.01. The molecule has 0 fully saturated rings. The van der Waals surface area contributed by atoms with Crippen molar-refractivity contribution < 1.29 is 33.3 Å². The van der Waals surface area contributed by atoms with Crippen molar-refractivity contribution in [2.45, 2.75) is 17.9 Å². The lowest BCUT2D eigenvalue weighted by atomic mass is 10.1. The molecule has 0 aromatic heterocycles. The molecule has 0 aliphatic rings. The lowest BCUT2D eigenvalue weighted by Crippen LogP contribution is -2.31. The van der Waals surface area contributed by atoms with Gasteiger partial charge in [0, 0.05) is 6.92 Å². The van der Waals surface area contributed by atoms with E-state index in [0.29, 0.717) is 22.8 Å². The maximum absolute atomic E-state index is 11.9. The molecule has 1 rings (SSSR count). The van der Waals surface area contributed by atoms with E-state index < -0.39 is 22.9 Å². The van der Waals surface area contributed by atoms with E-state index in [1.54, 1.807) is 12.1 Å². The van der Waals surface area contributed by atoms with E-state index >= 15 is 0 Å². The Morgan fingerprint density at radius 2 is 1.52 bits per heavy atom. The minimum Gasteiger partial charge on any atom is -0.493 e. The van der Waals surface area contributed by atoms with E-state index in [4.69, 9.17) is 18.9 Å². The Bertz CT molecular complexity index is 548. The van der Waals surface area contributed by atoms with Gasteiger partial charge in [0.05, 0.1) is 33.3 Å². The molecule has 0 amide bonds. The summed E-state index contributed by atoms with van der Waals surface area (Å²) in [7, 11) is 5.66. The molecule has 0 aliphatic carbocycles. The zero-order chi connectivity index (χ0) is 17.6. The number of benzene rings is 1. The van der Waals surface area contributed by atoms with Crippen LogP contribution in [0.4, 0.5) is 0 Å². The summed E-state index contributed by atoms with van der Waals surface area (Å²) in [5.74, 6) is -0.0378. The number of carbonyl (C=O) groups is 2. The summed E-state index contributed by atoms with van der Waals surface area (Å²) in [6.45, 7) is 1.21. The Morgan fingerprint density at radius 1 is 1.00 bits per heavy atom. The highest BCUT2D eigenvalue weighted by atomic mass is 79.9. The van der Waals surface area contributed by atoms with Crippen molar-refractivity contribution in [2.24, 2.45) is 0 Å². The van der Waals surface area contributed by atoms with Crippen LogP contribution in [0.3, 0.4) is 0 Å². The van der Waals surface area contributed by atoms with Crippen molar-refractivity contribution in [1.82, 2.24) is 0 Å². The Labute approximate surface area is 142 Å². The quantitative estimate of drug-likeness (QED) is 0.521. The molecule has 0 spiro atoms. The monoisotopic (exact) mass is 390 g/mol. The van der Waals surface area contributed by atoms with Crippen LogP contribution in [0.25, 0.3) is 0 Å². The number of rotatable bonds is 7. The summed E-state index contributed by atoms with van der Waals surface area (Å²) >= 11 is 3.37. The van der Waals surface area contributed by atoms with Crippen LogP contribution in [0.15, 0.2) is 12.1 Å². The molecule has 128 valence electrons. The first-order valence-corrected chi connectivity index (χ1v) is 7.50. The van der Waals surface area contributed by atoms with Crippen LogP contribution < -0.4 is 14.2 Å². The van der Waals surface area contributed by atoms with Crippen molar-refractivity contribution in [3.8, 4) is 17.2 Å². The Morgan fingerprint density at radius 3 is 1.87 bits per heavy atom. The third kappa shape index (κ3) is 4.51. The normalized spacial score (nSPS) is 12.8. The minimum atomic E-state index is -1.15. The lowest BCUT2D eigenvalue weighted by molar-refractivity contribution is -0.164. The second-order valence-electron chi connectivity index (χ2n) is 4.41. The molecule has 0 aliphatic heterocycles. The highest BCUT2D eigenvalue weighted by Gasteiger charge is 2.33. The molecule has 1 aromatic rings. The van der Waals surface area contributed by atoms with E-state index in [-0.39, 0.29) is 0 Å². The molecular formula is C15H19BrO7. The highest BCUT2D eigenvalue weighted by Crippen LogP contribution is 2.42. The summed E-state index contributed by atoms with van der Waals surface area (Å²) in [5, 5.41) is 0. The summed E-state index contributed by atoms with van der Waals surface area (Å²) in [6.07, 6.45) is -1.15. The van der Waals surface area contributed by atoms with E-state index in [2.05, 4.69) is 20.7 Å². The number of carbonyl (C=O) groups excluding carboxylic acids is 2. The van der Waals surface area contributed by atoms with Crippen LogP contribution in [-0.2, 0) is 19.1 Å². The first-order chi connectivity index (χ1) is 10.9. The lowest BCUT2D eigenvalue weighted by Gasteiger charge is -2.22.